The monoisotopic (exact) mass is 320 g/mol. The number of rotatable bonds is 3. The molecular formula is C20H20N2O2. The molecule has 3 rings (SSSR count). The fourth-order valence-corrected chi connectivity index (χ4v) is 2.63. The van der Waals surface area contributed by atoms with Crippen LogP contribution in [-0.2, 0) is 0 Å². The Bertz CT molecular complexity index is 932. The summed E-state index contributed by atoms with van der Waals surface area (Å²) in [5.74, 6) is 0.585. The maximum absolute atomic E-state index is 12.6. The van der Waals surface area contributed by atoms with Crippen molar-refractivity contribution >= 4 is 22.5 Å². The van der Waals surface area contributed by atoms with Gasteiger partial charge in [0.25, 0.3) is 5.91 Å². The lowest BCUT2D eigenvalue weighted by Crippen LogP contribution is -2.14. The first-order valence-electron chi connectivity index (χ1n) is 7.82. The standard InChI is InChI=1S/C20H20N2O2/c1-12-5-6-16(9-13(12)2)22-20(23)18-11-15-10-17(24-4)7-8-19(15)21-14(18)3/h5-11H,1-4H3,(H,22,23). The molecule has 0 atom stereocenters. The van der Waals surface area contributed by atoms with Gasteiger partial charge in [-0.25, -0.2) is 0 Å². The van der Waals surface area contributed by atoms with Gasteiger partial charge < -0.3 is 10.1 Å². The van der Waals surface area contributed by atoms with E-state index in [2.05, 4.69) is 10.3 Å². The van der Waals surface area contributed by atoms with E-state index >= 15 is 0 Å². The number of amides is 1. The number of nitrogens with zero attached hydrogens (tertiary/aromatic N) is 1. The number of carbonyl (C=O) groups is 1. The molecule has 24 heavy (non-hydrogen) atoms. The Morgan fingerprint density at radius 3 is 2.50 bits per heavy atom. The van der Waals surface area contributed by atoms with Gasteiger partial charge in [0.05, 0.1) is 23.9 Å². The highest BCUT2D eigenvalue weighted by Crippen LogP contribution is 2.23. The molecule has 4 nitrogen and oxygen atoms in total. The lowest BCUT2D eigenvalue weighted by Gasteiger charge is -2.11. The molecule has 0 unspecified atom stereocenters. The number of hydrogen-bond acceptors (Lipinski definition) is 3. The van der Waals surface area contributed by atoms with E-state index < -0.39 is 0 Å². The second-order valence-corrected chi connectivity index (χ2v) is 5.93. The van der Waals surface area contributed by atoms with Crippen LogP contribution in [0, 0.1) is 20.8 Å². The molecule has 1 aromatic heterocycles. The number of hydrogen-bond donors (Lipinski definition) is 1. The van der Waals surface area contributed by atoms with Crippen molar-refractivity contribution in [2.75, 3.05) is 12.4 Å². The number of pyridine rings is 1. The predicted molar refractivity (Wildman–Crippen MR) is 96.9 cm³/mol. The van der Waals surface area contributed by atoms with Crippen LogP contribution in [0.5, 0.6) is 5.75 Å². The van der Waals surface area contributed by atoms with Crippen LogP contribution in [0.25, 0.3) is 10.9 Å². The fraction of sp³-hybridized carbons (Fsp3) is 0.200. The quantitative estimate of drug-likeness (QED) is 0.777. The number of methoxy groups -OCH3 is 1. The molecule has 0 spiro atoms. The minimum atomic E-state index is -0.159. The molecule has 4 heteroatoms. The van der Waals surface area contributed by atoms with Gasteiger partial charge in [-0.1, -0.05) is 6.07 Å². The predicted octanol–water partition coefficient (Wildman–Crippen LogP) is 4.42. The van der Waals surface area contributed by atoms with Crippen molar-refractivity contribution in [3.63, 3.8) is 0 Å². The van der Waals surface area contributed by atoms with Gasteiger partial charge in [-0.15, -0.1) is 0 Å². The van der Waals surface area contributed by atoms with Crippen molar-refractivity contribution in [1.82, 2.24) is 4.98 Å². The first kappa shape index (κ1) is 16.0. The van der Waals surface area contributed by atoms with Crippen molar-refractivity contribution in [2.45, 2.75) is 20.8 Å². The van der Waals surface area contributed by atoms with Crippen molar-refractivity contribution in [3.8, 4) is 5.75 Å². The second kappa shape index (κ2) is 6.32. The Kier molecular flexibility index (Phi) is 4.21. The molecule has 0 bridgehead atoms. The van der Waals surface area contributed by atoms with Crippen LogP contribution in [0.15, 0.2) is 42.5 Å². The number of nitrogens with one attached hydrogen (secondary N) is 1. The van der Waals surface area contributed by atoms with E-state index in [9.17, 15) is 4.79 Å². The van der Waals surface area contributed by atoms with Crippen LogP contribution in [0.4, 0.5) is 5.69 Å². The van der Waals surface area contributed by atoms with E-state index in [0.29, 0.717) is 11.3 Å². The maximum atomic E-state index is 12.6. The van der Waals surface area contributed by atoms with Crippen LogP contribution >= 0.6 is 0 Å². The molecule has 0 aliphatic carbocycles. The molecule has 2 aromatic carbocycles. The van der Waals surface area contributed by atoms with Gasteiger partial charge in [0.15, 0.2) is 0 Å². The van der Waals surface area contributed by atoms with Crippen molar-refractivity contribution in [2.24, 2.45) is 0 Å². The lowest BCUT2D eigenvalue weighted by molar-refractivity contribution is 0.102. The summed E-state index contributed by atoms with van der Waals surface area (Å²) in [5.41, 5.74) is 5.24. The molecule has 0 saturated carbocycles. The second-order valence-electron chi connectivity index (χ2n) is 5.93. The summed E-state index contributed by atoms with van der Waals surface area (Å²) in [6.07, 6.45) is 0. The lowest BCUT2D eigenvalue weighted by atomic mass is 10.1. The Morgan fingerprint density at radius 1 is 1.00 bits per heavy atom. The van der Waals surface area contributed by atoms with Gasteiger partial charge in [-0.05, 0) is 68.3 Å². The summed E-state index contributed by atoms with van der Waals surface area (Å²) in [5, 5.41) is 3.83. The molecule has 0 radical (unpaired) electrons. The minimum absolute atomic E-state index is 0.159. The van der Waals surface area contributed by atoms with Crippen LogP contribution in [0.3, 0.4) is 0 Å². The topological polar surface area (TPSA) is 51.2 Å². The van der Waals surface area contributed by atoms with Crippen molar-refractivity contribution in [3.05, 3.63) is 64.8 Å². The van der Waals surface area contributed by atoms with Gasteiger partial charge in [-0.3, -0.25) is 9.78 Å². The maximum Gasteiger partial charge on any atom is 0.257 e. The molecule has 1 heterocycles. The van der Waals surface area contributed by atoms with Crippen LogP contribution in [0.1, 0.15) is 27.2 Å². The molecule has 1 N–H and O–H groups in total. The summed E-state index contributed by atoms with van der Waals surface area (Å²) < 4.78 is 5.24. The fourth-order valence-electron chi connectivity index (χ4n) is 2.63. The number of aromatic nitrogens is 1. The zero-order valence-electron chi connectivity index (χ0n) is 14.3. The van der Waals surface area contributed by atoms with Gasteiger partial charge in [-0.2, -0.15) is 0 Å². The average Bonchev–Trinajstić information content (AvgIpc) is 2.57. The molecule has 1 amide bonds. The normalized spacial score (nSPS) is 10.7. The zero-order chi connectivity index (χ0) is 17.3. The van der Waals surface area contributed by atoms with Crippen LogP contribution in [-0.4, -0.2) is 18.0 Å². The van der Waals surface area contributed by atoms with Crippen LogP contribution in [0.2, 0.25) is 0 Å². The Balaban J connectivity index is 1.96. The number of carbonyl (C=O) groups excluding carboxylic acids is 1. The number of benzene rings is 2. The Hall–Kier alpha value is -2.88. The average molecular weight is 320 g/mol. The van der Waals surface area contributed by atoms with E-state index in [1.807, 2.05) is 63.2 Å². The largest absolute Gasteiger partial charge is 0.497 e. The smallest absolute Gasteiger partial charge is 0.257 e. The number of fused-ring (bicyclic) bond motifs is 1. The number of ether oxygens (including phenoxy) is 1. The molecule has 0 saturated heterocycles. The van der Waals surface area contributed by atoms with E-state index in [-0.39, 0.29) is 5.91 Å². The van der Waals surface area contributed by atoms with Crippen molar-refractivity contribution < 1.29 is 9.53 Å². The SMILES string of the molecule is COc1ccc2nc(C)c(C(=O)Nc3ccc(C)c(C)c3)cc2c1. The van der Waals surface area contributed by atoms with E-state index in [1.165, 1.54) is 5.56 Å². The van der Waals surface area contributed by atoms with Crippen molar-refractivity contribution in [1.29, 1.82) is 0 Å². The molecule has 0 fully saturated rings. The van der Waals surface area contributed by atoms with Gasteiger partial charge >= 0.3 is 0 Å². The summed E-state index contributed by atoms with van der Waals surface area (Å²) in [7, 11) is 1.62. The van der Waals surface area contributed by atoms with Gasteiger partial charge in [0.1, 0.15) is 5.75 Å². The Morgan fingerprint density at radius 2 is 1.79 bits per heavy atom. The third-order valence-corrected chi connectivity index (χ3v) is 4.22. The number of aryl methyl sites for hydroxylation is 3. The van der Waals surface area contributed by atoms with Crippen LogP contribution < -0.4 is 10.1 Å². The first-order chi connectivity index (χ1) is 11.5. The zero-order valence-corrected chi connectivity index (χ0v) is 14.3. The minimum Gasteiger partial charge on any atom is -0.497 e. The van der Waals surface area contributed by atoms with E-state index in [0.717, 1.165) is 27.9 Å². The molecule has 122 valence electrons. The highest BCUT2D eigenvalue weighted by molar-refractivity contribution is 6.06. The molecule has 0 aliphatic rings. The van der Waals surface area contributed by atoms with E-state index in [4.69, 9.17) is 4.74 Å². The third kappa shape index (κ3) is 3.08. The number of anilines is 1. The van der Waals surface area contributed by atoms with Gasteiger partial charge in [0.2, 0.25) is 0 Å². The Labute approximate surface area is 141 Å². The van der Waals surface area contributed by atoms with Gasteiger partial charge in [0, 0.05) is 11.1 Å². The van der Waals surface area contributed by atoms with E-state index in [1.54, 1.807) is 7.11 Å². The molecule has 0 aliphatic heterocycles. The molecular weight excluding hydrogens is 300 g/mol. The molecule has 3 aromatic rings. The highest BCUT2D eigenvalue weighted by atomic mass is 16.5. The first-order valence-corrected chi connectivity index (χ1v) is 7.82. The third-order valence-electron chi connectivity index (χ3n) is 4.22. The summed E-state index contributed by atoms with van der Waals surface area (Å²) in [6.45, 7) is 5.92. The highest BCUT2D eigenvalue weighted by Gasteiger charge is 2.13. The summed E-state index contributed by atoms with van der Waals surface area (Å²) in [4.78, 5) is 17.2. The summed E-state index contributed by atoms with van der Waals surface area (Å²) >= 11 is 0. The summed E-state index contributed by atoms with van der Waals surface area (Å²) in [6, 6.07) is 13.4.